The molecule has 0 fully saturated rings. The summed E-state index contributed by atoms with van der Waals surface area (Å²) in [6, 6.07) is 7.17. The summed E-state index contributed by atoms with van der Waals surface area (Å²) in [5.41, 5.74) is 2.71. The summed E-state index contributed by atoms with van der Waals surface area (Å²) in [6.45, 7) is -0.0745. The van der Waals surface area contributed by atoms with Crippen LogP contribution in [0.5, 0.6) is 11.5 Å². The number of carbonyl (C=O) groups is 1. The van der Waals surface area contributed by atoms with Crippen molar-refractivity contribution in [3.8, 4) is 11.5 Å². The Morgan fingerprint density at radius 1 is 1.28 bits per heavy atom. The van der Waals surface area contributed by atoms with E-state index < -0.39 is 0 Å². The number of aliphatic hydroxyl groups excluding tert-OH is 1. The van der Waals surface area contributed by atoms with Gasteiger partial charge in [0.1, 0.15) is 6.61 Å². The van der Waals surface area contributed by atoms with Gasteiger partial charge in [0.05, 0.1) is 23.8 Å². The topological polar surface area (TPSA) is 71.5 Å². The third-order valence-electron chi connectivity index (χ3n) is 3.90. The second-order valence-corrected chi connectivity index (χ2v) is 6.16. The summed E-state index contributed by atoms with van der Waals surface area (Å²) in [6.07, 6.45) is 2.47. The molecule has 0 unspecified atom stereocenters. The number of hydrogen-bond acceptors (Lipinski definition) is 4. The standard InChI is InChI=1S/C18H15Cl2NO4/c1-24-16-5-14(19)13(8-23)17(20)18(16)25-9-10-2-3-12-11(7-22)6-21-15(12)4-10/h2-7,21,23H,8-9H2,1H3. The van der Waals surface area contributed by atoms with Crippen LogP contribution in [0.15, 0.2) is 30.5 Å². The maximum atomic E-state index is 11.0. The predicted octanol–water partition coefficient (Wildman–Crippen LogP) is 4.37. The summed E-state index contributed by atoms with van der Waals surface area (Å²) in [5.74, 6) is 0.703. The molecule has 7 heteroatoms. The number of ether oxygens (including phenoxy) is 2. The lowest BCUT2D eigenvalue weighted by Crippen LogP contribution is -2.01. The van der Waals surface area contributed by atoms with Gasteiger partial charge in [0.25, 0.3) is 0 Å². The lowest BCUT2D eigenvalue weighted by Gasteiger charge is -2.15. The van der Waals surface area contributed by atoms with Crippen LogP contribution >= 0.6 is 23.2 Å². The molecule has 5 nitrogen and oxygen atoms in total. The molecule has 0 bridgehead atoms. The van der Waals surface area contributed by atoms with Gasteiger partial charge in [-0.25, -0.2) is 0 Å². The molecular formula is C18H15Cl2NO4. The molecule has 0 saturated carbocycles. The third kappa shape index (κ3) is 3.31. The molecule has 2 N–H and O–H groups in total. The predicted molar refractivity (Wildman–Crippen MR) is 97.0 cm³/mol. The van der Waals surface area contributed by atoms with Gasteiger partial charge in [0, 0.05) is 34.3 Å². The van der Waals surface area contributed by atoms with Crippen LogP contribution in [-0.4, -0.2) is 23.5 Å². The van der Waals surface area contributed by atoms with Crippen LogP contribution in [-0.2, 0) is 13.2 Å². The minimum atomic E-state index is -0.305. The Hall–Kier alpha value is -2.21. The third-order valence-corrected chi connectivity index (χ3v) is 4.64. The number of aromatic nitrogens is 1. The zero-order chi connectivity index (χ0) is 18.0. The number of benzene rings is 2. The summed E-state index contributed by atoms with van der Waals surface area (Å²) in [7, 11) is 1.49. The van der Waals surface area contributed by atoms with E-state index in [0.717, 1.165) is 22.8 Å². The molecule has 0 aliphatic carbocycles. The molecule has 0 amide bonds. The SMILES string of the molecule is COc1cc(Cl)c(CO)c(Cl)c1OCc1ccc2c(C=O)c[nH]c2c1. The van der Waals surface area contributed by atoms with E-state index in [2.05, 4.69) is 4.98 Å². The fourth-order valence-electron chi connectivity index (χ4n) is 2.59. The largest absolute Gasteiger partial charge is 0.493 e. The second kappa shape index (κ2) is 7.35. The van der Waals surface area contributed by atoms with Crippen molar-refractivity contribution in [3.05, 3.63) is 57.2 Å². The molecule has 2 aromatic carbocycles. The Labute approximate surface area is 154 Å². The van der Waals surface area contributed by atoms with Crippen LogP contribution in [0.1, 0.15) is 21.5 Å². The van der Waals surface area contributed by atoms with E-state index in [1.165, 1.54) is 7.11 Å². The number of halogens is 2. The number of nitrogens with one attached hydrogen (secondary N) is 1. The molecule has 0 aliphatic heterocycles. The van der Waals surface area contributed by atoms with Crippen molar-refractivity contribution in [1.82, 2.24) is 4.98 Å². The van der Waals surface area contributed by atoms with E-state index in [9.17, 15) is 9.90 Å². The highest BCUT2D eigenvalue weighted by molar-refractivity contribution is 6.37. The molecule has 0 saturated heterocycles. The summed E-state index contributed by atoms with van der Waals surface area (Å²) in [4.78, 5) is 14.0. The van der Waals surface area contributed by atoms with Gasteiger partial charge in [0.2, 0.25) is 0 Å². The van der Waals surface area contributed by atoms with E-state index in [-0.39, 0.29) is 18.2 Å². The maximum absolute atomic E-state index is 11.0. The monoisotopic (exact) mass is 379 g/mol. The van der Waals surface area contributed by atoms with Gasteiger partial charge < -0.3 is 19.6 Å². The fraction of sp³-hybridized carbons (Fsp3) is 0.167. The Morgan fingerprint density at radius 3 is 2.76 bits per heavy atom. The molecule has 130 valence electrons. The van der Waals surface area contributed by atoms with Crippen molar-refractivity contribution in [3.63, 3.8) is 0 Å². The van der Waals surface area contributed by atoms with Gasteiger partial charge in [-0.15, -0.1) is 0 Å². The van der Waals surface area contributed by atoms with Crippen LogP contribution in [0.2, 0.25) is 10.0 Å². The number of methoxy groups -OCH3 is 1. The van der Waals surface area contributed by atoms with Gasteiger partial charge in [-0.3, -0.25) is 4.79 Å². The Morgan fingerprint density at radius 2 is 2.08 bits per heavy atom. The number of H-pyrrole nitrogens is 1. The minimum Gasteiger partial charge on any atom is -0.493 e. The molecular weight excluding hydrogens is 365 g/mol. The average molecular weight is 380 g/mol. The first-order chi connectivity index (χ1) is 12.1. The Balaban J connectivity index is 1.89. The molecule has 3 aromatic rings. The van der Waals surface area contributed by atoms with Crippen LogP contribution in [0.25, 0.3) is 10.9 Å². The minimum absolute atomic E-state index is 0.219. The van der Waals surface area contributed by atoms with Crippen LogP contribution in [0.4, 0.5) is 0 Å². The number of aromatic amines is 1. The van der Waals surface area contributed by atoms with Crippen LogP contribution in [0.3, 0.4) is 0 Å². The highest BCUT2D eigenvalue weighted by Crippen LogP contribution is 2.42. The lowest BCUT2D eigenvalue weighted by atomic mass is 10.1. The Kier molecular flexibility index (Phi) is 5.18. The maximum Gasteiger partial charge on any atom is 0.180 e. The first-order valence-electron chi connectivity index (χ1n) is 7.42. The van der Waals surface area contributed by atoms with E-state index in [0.29, 0.717) is 27.6 Å². The van der Waals surface area contributed by atoms with Crippen molar-refractivity contribution >= 4 is 40.4 Å². The average Bonchev–Trinajstić information content (AvgIpc) is 3.03. The lowest BCUT2D eigenvalue weighted by molar-refractivity contribution is 0.112. The van der Waals surface area contributed by atoms with Crippen molar-refractivity contribution in [1.29, 1.82) is 0 Å². The number of aliphatic hydroxyl groups is 1. The first kappa shape index (κ1) is 17.6. The summed E-state index contributed by atoms with van der Waals surface area (Å²) >= 11 is 12.4. The van der Waals surface area contributed by atoms with Crippen molar-refractivity contribution in [2.24, 2.45) is 0 Å². The number of aldehydes is 1. The number of carbonyl (C=O) groups excluding carboxylic acids is 1. The van der Waals surface area contributed by atoms with Gasteiger partial charge in [0.15, 0.2) is 17.8 Å². The molecule has 1 heterocycles. The van der Waals surface area contributed by atoms with Crippen molar-refractivity contribution in [2.45, 2.75) is 13.2 Å². The normalized spacial score (nSPS) is 10.9. The van der Waals surface area contributed by atoms with E-state index >= 15 is 0 Å². The van der Waals surface area contributed by atoms with Gasteiger partial charge >= 0.3 is 0 Å². The Bertz CT molecular complexity index is 936. The molecule has 1 aromatic heterocycles. The number of rotatable bonds is 6. The molecule has 0 atom stereocenters. The van der Waals surface area contributed by atoms with E-state index in [4.69, 9.17) is 32.7 Å². The summed E-state index contributed by atoms with van der Waals surface area (Å²) < 4.78 is 11.1. The number of fused-ring (bicyclic) bond motifs is 1. The highest BCUT2D eigenvalue weighted by atomic mass is 35.5. The molecule has 0 aliphatic rings. The number of hydrogen-bond donors (Lipinski definition) is 2. The summed E-state index contributed by atoms with van der Waals surface area (Å²) in [5, 5.41) is 10.8. The smallest absolute Gasteiger partial charge is 0.180 e. The zero-order valence-electron chi connectivity index (χ0n) is 13.3. The zero-order valence-corrected chi connectivity index (χ0v) is 14.8. The van der Waals surface area contributed by atoms with E-state index in [1.807, 2.05) is 18.2 Å². The van der Waals surface area contributed by atoms with E-state index in [1.54, 1.807) is 12.3 Å². The molecule has 25 heavy (non-hydrogen) atoms. The first-order valence-corrected chi connectivity index (χ1v) is 8.18. The van der Waals surface area contributed by atoms with Crippen molar-refractivity contribution < 1.29 is 19.4 Å². The molecule has 0 radical (unpaired) electrons. The fourth-order valence-corrected chi connectivity index (χ4v) is 3.20. The van der Waals surface area contributed by atoms with Crippen LogP contribution < -0.4 is 9.47 Å². The van der Waals surface area contributed by atoms with Crippen molar-refractivity contribution in [2.75, 3.05) is 7.11 Å². The highest BCUT2D eigenvalue weighted by Gasteiger charge is 2.18. The van der Waals surface area contributed by atoms with Gasteiger partial charge in [-0.05, 0) is 11.6 Å². The van der Waals surface area contributed by atoms with Crippen LogP contribution in [0, 0.1) is 0 Å². The van der Waals surface area contributed by atoms with Gasteiger partial charge in [-0.2, -0.15) is 0 Å². The quantitative estimate of drug-likeness (QED) is 0.623. The molecule has 0 spiro atoms. The second-order valence-electron chi connectivity index (χ2n) is 5.37. The molecule has 3 rings (SSSR count). The van der Waals surface area contributed by atoms with Gasteiger partial charge in [-0.1, -0.05) is 35.3 Å².